The lowest BCUT2D eigenvalue weighted by Gasteiger charge is -2.17. The van der Waals surface area contributed by atoms with E-state index in [9.17, 15) is 9.59 Å². The predicted molar refractivity (Wildman–Crippen MR) is 74.8 cm³/mol. The highest BCUT2D eigenvalue weighted by Crippen LogP contribution is 2.35. The quantitative estimate of drug-likeness (QED) is 0.613. The van der Waals surface area contributed by atoms with Crippen LogP contribution < -0.4 is 4.74 Å². The van der Waals surface area contributed by atoms with Gasteiger partial charge in [0.05, 0.1) is 19.6 Å². The van der Waals surface area contributed by atoms with E-state index in [-0.39, 0.29) is 23.6 Å². The summed E-state index contributed by atoms with van der Waals surface area (Å²) in [6.07, 6.45) is 2.40. The topological polar surface area (TPSA) is 52.6 Å². The van der Waals surface area contributed by atoms with Gasteiger partial charge in [-0.05, 0) is 44.0 Å². The maximum absolute atomic E-state index is 12.5. The smallest absolute Gasteiger partial charge is 0.309 e. The number of rotatable bonds is 5. The molecule has 0 unspecified atom stereocenters. The van der Waals surface area contributed by atoms with E-state index in [1.165, 1.54) is 0 Å². The number of carbonyl (C=O) groups excluding carboxylic acids is 2. The minimum absolute atomic E-state index is 0.0307. The normalized spacial score (nSPS) is 21.5. The molecule has 2 atom stereocenters. The van der Waals surface area contributed by atoms with Gasteiger partial charge in [0, 0.05) is 11.5 Å². The first-order chi connectivity index (χ1) is 9.67. The molecule has 0 radical (unpaired) electrons. The van der Waals surface area contributed by atoms with Crippen LogP contribution in [0.25, 0.3) is 0 Å². The van der Waals surface area contributed by atoms with Crippen molar-refractivity contribution in [2.24, 2.45) is 11.8 Å². The van der Waals surface area contributed by atoms with Crippen molar-refractivity contribution < 1.29 is 19.1 Å². The van der Waals surface area contributed by atoms with E-state index < -0.39 is 0 Å². The van der Waals surface area contributed by atoms with Crippen LogP contribution in [0.5, 0.6) is 5.75 Å². The highest BCUT2D eigenvalue weighted by atomic mass is 16.5. The molecule has 108 valence electrons. The van der Waals surface area contributed by atoms with Crippen molar-refractivity contribution in [2.45, 2.75) is 26.2 Å². The van der Waals surface area contributed by atoms with Gasteiger partial charge in [0.15, 0.2) is 5.78 Å². The van der Waals surface area contributed by atoms with Crippen LogP contribution in [0.15, 0.2) is 24.3 Å². The molecule has 0 spiro atoms. The fraction of sp³-hybridized carbons (Fsp3) is 0.500. The third kappa shape index (κ3) is 3.00. The number of benzene rings is 1. The largest absolute Gasteiger partial charge is 0.497 e. The third-order valence-electron chi connectivity index (χ3n) is 3.82. The molecule has 20 heavy (non-hydrogen) atoms. The summed E-state index contributed by atoms with van der Waals surface area (Å²) >= 11 is 0. The molecule has 1 aliphatic rings. The number of Topliss-reactive ketones (excluding diaryl/α,β-unsaturated/α-hetero) is 1. The SMILES string of the molecule is CCOC(=O)[C@H]1CCC[C@@H]1C(=O)c1ccc(OC)cc1. The number of methoxy groups -OCH3 is 1. The standard InChI is InChI=1S/C16H20O4/c1-3-20-16(18)14-6-4-5-13(14)15(17)11-7-9-12(19-2)10-8-11/h7-10,13-14H,3-6H2,1-2H3/t13-,14-/m0/s1. The first-order valence-corrected chi connectivity index (χ1v) is 7.02. The highest BCUT2D eigenvalue weighted by molar-refractivity contribution is 6.00. The summed E-state index contributed by atoms with van der Waals surface area (Å²) in [6.45, 7) is 2.14. The number of hydrogen-bond acceptors (Lipinski definition) is 4. The Bertz CT molecular complexity index is 478. The summed E-state index contributed by atoms with van der Waals surface area (Å²) < 4.78 is 10.1. The van der Waals surface area contributed by atoms with Gasteiger partial charge in [-0.3, -0.25) is 9.59 Å². The van der Waals surface area contributed by atoms with Gasteiger partial charge in [-0.2, -0.15) is 0 Å². The number of ether oxygens (including phenoxy) is 2. The van der Waals surface area contributed by atoms with Crippen LogP contribution in [0.2, 0.25) is 0 Å². The van der Waals surface area contributed by atoms with Crippen LogP contribution in [0.1, 0.15) is 36.5 Å². The first kappa shape index (κ1) is 14.6. The van der Waals surface area contributed by atoms with Crippen LogP contribution in [0.3, 0.4) is 0 Å². The van der Waals surface area contributed by atoms with E-state index in [1.54, 1.807) is 38.3 Å². The molecule has 1 aliphatic carbocycles. The van der Waals surface area contributed by atoms with Crippen molar-refractivity contribution in [3.05, 3.63) is 29.8 Å². The maximum Gasteiger partial charge on any atom is 0.309 e. The molecule has 0 N–H and O–H groups in total. The van der Waals surface area contributed by atoms with Crippen molar-refractivity contribution in [3.8, 4) is 5.75 Å². The van der Waals surface area contributed by atoms with Gasteiger partial charge in [0.2, 0.25) is 0 Å². The second-order valence-corrected chi connectivity index (χ2v) is 4.99. The third-order valence-corrected chi connectivity index (χ3v) is 3.82. The molecule has 0 heterocycles. The summed E-state index contributed by atoms with van der Waals surface area (Å²) in [5.74, 6) is -0.0259. The van der Waals surface area contributed by atoms with Gasteiger partial charge in [0.25, 0.3) is 0 Å². The van der Waals surface area contributed by atoms with E-state index in [4.69, 9.17) is 9.47 Å². The molecule has 0 aromatic heterocycles. The van der Waals surface area contributed by atoms with Crippen molar-refractivity contribution >= 4 is 11.8 Å². The fourth-order valence-electron chi connectivity index (χ4n) is 2.77. The van der Waals surface area contributed by atoms with E-state index in [1.807, 2.05) is 0 Å². The van der Waals surface area contributed by atoms with Crippen LogP contribution in [-0.4, -0.2) is 25.5 Å². The Hall–Kier alpha value is -1.84. The fourth-order valence-corrected chi connectivity index (χ4v) is 2.77. The van der Waals surface area contributed by atoms with E-state index in [2.05, 4.69) is 0 Å². The van der Waals surface area contributed by atoms with E-state index in [0.29, 0.717) is 12.2 Å². The zero-order valence-electron chi connectivity index (χ0n) is 11.9. The molecule has 0 amide bonds. The number of hydrogen-bond donors (Lipinski definition) is 0. The van der Waals surface area contributed by atoms with Crippen molar-refractivity contribution in [3.63, 3.8) is 0 Å². The Morgan fingerprint density at radius 3 is 2.40 bits per heavy atom. The van der Waals surface area contributed by atoms with Crippen molar-refractivity contribution in [1.82, 2.24) is 0 Å². The molecular weight excluding hydrogens is 256 g/mol. The van der Waals surface area contributed by atoms with Crippen LogP contribution in [0.4, 0.5) is 0 Å². The molecule has 4 heteroatoms. The van der Waals surface area contributed by atoms with Gasteiger partial charge in [-0.15, -0.1) is 0 Å². The Morgan fingerprint density at radius 1 is 1.15 bits per heavy atom. The van der Waals surface area contributed by atoms with E-state index >= 15 is 0 Å². The molecular formula is C16H20O4. The summed E-state index contributed by atoms with van der Waals surface area (Å²) in [5, 5.41) is 0. The number of ketones is 1. The lowest BCUT2D eigenvalue weighted by atomic mass is 9.88. The van der Waals surface area contributed by atoms with Crippen LogP contribution in [-0.2, 0) is 9.53 Å². The minimum atomic E-state index is -0.287. The zero-order chi connectivity index (χ0) is 14.5. The maximum atomic E-state index is 12.5. The average molecular weight is 276 g/mol. The molecule has 0 saturated heterocycles. The van der Waals surface area contributed by atoms with E-state index in [0.717, 1.165) is 25.0 Å². The Morgan fingerprint density at radius 2 is 1.80 bits per heavy atom. The monoisotopic (exact) mass is 276 g/mol. The molecule has 0 aliphatic heterocycles. The van der Waals surface area contributed by atoms with Crippen LogP contribution in [0, 0.1) is 11.8 Å². The average Bonchev–Trinajstić information content (AvgIpc) is 2.96. The molecule has 1 saturated carbocycles. The summed E-state index contributed by atoms with van der Waals surface area (Å²) in [5.41, 5.74) is 0.631. The molecule has 2 rings (SSSR count). The van der Waals surface area contributed by atoms with Gasteiger partial charge in [-0.1, -0.05) is 6.42 Å². The number of carbonyl (C=O) groups is 2. The lowest BCUT2D eigenvalue weighted by molar-refractivity contribution is -0.148. The lowest BCUT2D eigenvalue weighted by Crippen LogP contribution is -2.27. The predicted octanol–water partition coefficient (Wildman–Crippen LogP) is 2.86. The van der Waals surface area contributed by atoms with Gasteiger partial charge < -0.3 is 9.47 Å². The Labute approximate surface area is 119 Å². The Balaban J connectivity index is 2.12. The second kappa shape index (κ2) is 6.55. The van der Waals surface area contributed by atoms with Gasteiger partial charge in [0.1, 0.15) is 5.75 Å². The Kier molecular flexibility index (Phi) is 4.77. The summed E-state index contributed by atoms with van der Waals surface area (Å²) in [7, 11) is 1.59. The van der Waals surface area contributed by atoms with Gasteiger partial charge in [-0.25, -0.2) is 0 Å². The zero-order valence-corrected chi connectivity index (χ0v) is 11.9. The summed E-state index contributed by atoms with van der Waals surface area (Å²) in [6, 6.07) is 7.03. The summed E-state index contributed by atoms with van der Waals surface area (Å²) in [4.78, 5) is 24.4. The molecule has 0 bridgehead atoms. The minimum Gasteiger partial charge on any atom is -0.497 e. The molecule has 1 aromatic carbocycles. The molecule has 1 aromatic rings. The first-order valence-electron chi connectivity index (χ1n) is 7.02. The van der Waals surface area contributed by atoms with Crippen molar-refractivity contribution in [1.29, 1.82) is 0 Å². The van der Waals surface area contributed by atoms with Gasteiger partial charge >= 0.3 is 5.97 Å². The number of esters is 1. The van der Waals surface area contributed by atoms with Crippen LogP contribution >= 0.6 is 0 Å². The molecule has 1 fully saturated rings. The highest BCUT2D eigenvalue weighted by Gasteiger charge is 2.38. The second-order valence-electron chi connectivity index (χ2n) is 4.99. The molecule has 4 nitrogen and oxygen atoms in total. The van der Waals surface area contributed by atoms with Crippen molar-refractivity contribution in [2.75, 3.05) is 13.7 Å².